The molecule has 148 valence electrons. The minimum Gasteiger partial charge on any atom is -0.352 e. The molecule has 3 rings (SSSR count). The van der Waals surface area contributed by atoms with E-state index in [1.165, 1.54) is 0 Å². The van der Waals surface area contributed by atoms with Crippen molar-refractivity contribution in [2.75, 3.05) is 16.0 Å². The lowest BCUT2D eigenvalue weighted by Crippen LogP contribution is -2.15. The van der Waals surface area contributed by atoms with Crippen molar-refractivity contribution >= 4 is 45.1 Å². The van der Waals surface area contributed by atoms with E-state index in [1.54, 1.807) is 12.1 Å². The van der Waals surface area contributed by atoms with Gasteiger partial charge in [-0.1, -0.05) is 15.9 Å². The maximum absolute atomic E-state index is 8.95. The summed E-state index contributed by atoms with van der Waals surface area (Å²) in [7, 11) is 0. The molecule has 29 heavy (non-hydrogen) atoms. The Bertz CT molecular complexity index is 1030. The van der Waals surface area contributed by atoms with Crippen LogP contribution in [0.2, 0.25) is 0 Å². The van der Waals surface area contributed by atoms with Gasteiger partial charge in [0.15, 0.2) is 0 Å². The van der Waals surface area contributed by atoms with Crippen molar-refractivity contribution in [3.8, 4) is 6.07 Å². The number of benzene rings is 2. The number of hydrogen-bond donors (Lipinski definition) is 3. The SMILES string of the molecule is Cc1cc(Br)cc(C)c1Nc1nc(Nc2ccc(C#N)cc2)nc(NC(C)C)n1. The van der Waals surface area contributed by atoms with Crippen LogP contribution >= 0.6 is 15.9 Å². The quantitative estimate of drug-likeness (QED) is 0.459. The molecule has 3 aromatic rings. The fourth-order valence-electron chi connectivity index (χ4n) is 2.79. The smallest absolute Gasteiger partial charge is 0.233 e. The van der Waals surface area contributed by atoms with Crippen LogP contribution in [0.5, 0.6) is 0 Å². The summed E-state index contributed by atoms with van der Waals surface area (Å²) in [5.74, 6) is 1.32. The molecule has 1 aromatic heterocycles. The summed E-state index contributed by atoms with van der Waals surface area (Å²) in [6.45, 7) is 8.11. The van der Waals surface area contributed by atoms with Crippen molar-refractivity contribution < 1.29 is 0 Å². The summed E-state index contributed by atoms with van der Waals surface area (Å²) in [4.78, 5) is 13.5. The lowest BCUT2D eigenvalue weighted by atomic mass is 10.1. The standard InChI is InChI=1S/C21H22BrN7/c1-12(2)24-19-27-20(25-17-7-5-15(11-23)6-8-17)29-21(28-19)26-18-13(3)9-16(22)10-14(18)4/h5-10,12H,1-4H3,(H3,24,25,26,27,28,29). The summed E-state index contributed by atoms with van der Waals surface area (Å²) < 4.78 is 1.03. The second-order valence-electron chi connectivity index (χ2n) is 6.96. The molecule has 0 atom stereocenters. The first-order chi connectivity index (χ1) is 13.8. The Hall–Kier alpha value is -3.18. The van der Waals surface area contributed by atoms with Gasteiger partial charge >= 0.3 is 0 Å². The number of nitrogens with one attached hydrogen (secondary N) is 3. The van der Waals surface area contributed by atoms with Crippen LogP contribution in [0.25, 0.3) is 0 Å². The van der Waals surface area contributed by atoms with Gasteiger partial charge in [0, 0.05) is 21.9 Å². The minimum atomic E-state index is 0.171. The number of anilines is 5. The van der Waals surface area contributed by atoms with Crippen LogP contribution in [0.4, 0.5) is 29.2 Å². The molecular weight excluding hydrogens is 430 g/mol. The Morgan fingerprint density at radius 3 is 2.00 bits per heavy atom. The predicted molar refractivity (Wildman–Crippen MR) is 120 cm³/mol. The molecule has 0 radical (unpaired) electrons. The number of halogens is 1. The van der Waals surface area contributed by atoms with Crippen molar-refractivity contribution in [2.45, 2.75) is 33.7 Å². The molecule has 0 aliphatic heterocycles. The number of nitrogens with zero attached hydrogens (tertiary/aromatic N) is 4. The Labute approximate surface area is 178 Å². The van der Waals surface area contributed by atoms with E-state index in [1.807, 2.05) is 52.0 Å². The summed E-state index contributed by atoms with van der Waals surface area (Å²) in [5.41, 5.74) is 4.50. The van der Waals surface area contributed by atoms with Crippen molar-refractivity contribution in [1.29, 1.82) is 5.26 Å². The first-order valence-electron chi connectivity index (χ1n) is 9.17. The predicted octanol–water partition coefficient (Wildman–Crippen LogP) is 5.43. The normalized spacial score (nSPS) is 10.5. The average molecular weight is 452 g/mol. The molecule has 1 heterocycles. The summed E-state index contributed by atoms with van der Waals surface area (Å²) in [6, 6.07) is 13.5. The van der Waals surface area contributed by atoms with Gasteiger partial charge in [0.2, 0.25) is 17.8 Å². The first-order valence-corrected chi connectivity index (χ1v) is 9.97. The van der Waals surface area contributed by atoms with Gasteiger partial charge in [-0.15, -0.1) is 0 Å². The van der Waals surface area contributed by atoms with Crippen molar-refractivity contribution in [1.82, 2.24) is 15.0 Å². The molecule has 3 N–H and O–H groups in total. The van der Waals surface area contributed by atoms with Gasteiger partial charge < -0.3 is 16.0 Å². The van der Waals surface area contributed by atoms with E-state index >= 15 is 0 Å². The Morgan fingerprint density at radius 2 is 1.45 bits per heavy atom. The lowest BCUT2D eigenvalue weighted by molar-refractivity contribution is 0.869. The maximum atomic E-state index is 8.95. The van der Waals surface area contributed by atoms with E-state index in [-0.39, 0.29) is 6.04 Å². The summed E-state index contributed by atoms with van der Waals surface area (Å²) in [5, 5.41) is 18.7. The molecule has 2 aromatic carbocycles. The number of hydrogen-bond acceptors (Lipinski definition) is 7. The van der Waals surface area contributed by atoms with Gasteiger partial charge in [-0.3, -0.25) is 0 Å². The third-order valence-electron chi connectivity index (χ3n) is 4.06. The highest BCUT2D eigenvalue weighted by atomic mass is 79.9. The third-order valence-corrected chi connectivity index (χ3v) is 4.52. The van der Waals surface area contributed by atoms with Crippen LogP contribution in [-0.2, 0) is 0 Å². The Morgan fingerprint density at radius 1 is 0.897 bits per heavy atom. The van der Waals surface area contributed by atoms with E-state index in [0.29, 0.717) is 23.4 Å². The van der Waals surface area contributed by atoms with Gasteiger partial charge in [0.1, 0.15) is 0 Å². The van der Waals surface area contributed by atoms with Gasteiger partial charge in [0.05, 0.1) is 11.6 Å². The molecule has 8 heteroatoms. The summed E-state index contributed by atoms with van der Waals surface area (Å²) in [6.07, 6.45) is 0. The van der Waals surface area contributed by atoms with Crippen LogP contribution in [0.15, 0.2) is 40.9 Å². The minimum absolute atomic E-state index is 0.171. The Balaban J connectivity index is 1.94. The van der Waals surface area contributed by atoms with Crippen LogP contribution in [0.3, 0.4) is 0 Å². The van der Waals surface area contributed by atoms with Crippen molar-refractivity contribution in [3.63, 3.8) is 0 Å². The van der Waals surface area contributed by atoms with Gasteiger partial charge in [-0.05, 0) is 75.2 Å². The molecule has 0 amide bonds. The molecule has 0 aliphatic carbocycles. The van der Waals surface area contributed by atoms with Gasteiger partial charge in [-0.2, -0.15) is 20.2 Å². The van der Waals surface area contributed by atoms with E-state index in [9.17, 15) is 0 Å². The fourth-order valence-corrected chi connectivity index (χ4v) is 3.47. The number of nitriles is 1. The lowest BCUT2D eigenvalue weighted by Gasteiger charge is -2.15. The number of rotatable bonds is 6. The zero-order valence-electron chi connectivity index (χ0n) is 16.7. The highest BCUT2D eigenvalue weighted by molar-refractivity contribution is 9.10. The van der Waals surface area contributed by atoms with Crippen molar-refractivity contribution in [3.05, 3.63) is 57.6 Å². The zero-order chi connectivity index (χ0) is 21.0. The van der Waals surface area contributed by atoms with E-state index in [4.69, 9.17) is 5.26 Å². The molecule has 0 saturated carbocycles. The molecule has 0 bridgehead atoms. The van der Waals surface area contributed by atoms with Crippen LogP contribution in [0, 0.1) is 25.2 Å². The van der Waals surface area contributed by atoms with Crippen LogP contribution < -0.4 is 16.0 Å². The van der Waals surface area contributed by atoms with Gasteiger partial charge in [-0.25, -0.2) is 0 Å². The number of aromatic nitrogens is 3. The second kappa shape index (κ2) is 8.88. The third kappa shape index (κ3) is 5.42. The van der Waals surface area contributed by atoms with E-state index in [2.05, 4.69) is 52.9 Å². The molecule has 0 saturated heterocycles. The molecule has 0 fully saturated rings. The largest absolute Gasteiger partial charge is 0.352 e. The monoisotopic (exact) mass is 451 g/mol. The molecule has 0 unspecified atom stereocenters. The van der Waals surface area contributed by atoms with E-state index < -0.39 is 0 Å². The Kier molecular flexibility index (Phi) is 6.29. The summed E-state index contributed by atoms with van der Waals surface area (Å²) >= 11 is 3.52. The van der Waals surface area contributed by atoms with Gasteiger partial charge in [0.25, 0.3) is 0 Å². The topological polar surface area (TPSA) is 98.5 Å². The van der Waals surface area contributed by atoms with E-state index in [0.717, 1.165) is 27.0 Å². The molecule has 7 nitrogen and oxygen atoms in total. The molecule has 0 aliphatic rings. The fraction of sp³-hybridized carbons (Fsp3) is 0.238. The average Bonchev–Trinajstić information content (AvgIpc) is 2.64. The first kappa shape index (κ1) is 20.6. The maximum Gasteiger partial charge on any atom is 0.233 e. The number of aryl methyl sites for hydroxylation is 2. The second-order valence-corrected chi connectivity index (χ2v) is 7.87. The van der Waals surface area contributed by atoms with Crippen LogP contribution in [0.1, 0.15) is 30.5 Å². The van der Waals surface area contributed by atoms with Crippen LogP contribution in [-0.4, -0.2) is 21.0 Å². The highest BCUT2D eigenvalue weighted by Gasteiger charge is 2.11. The molecule has 0 spiro atoms. The highest BCUT2D eigenvalue weighted by Crippen LogP contribution is 2.28. The zero-order valence-corrected chi connectivity index (χ0v) is 18.3. The molecular formula is C21H22BrN7. The van der Waals surface area contributed by atoms with Crippen molar-refractivity contribution in [2.24, 2.45) is 0 Å².